The molecule has 10 N–H and O–H groups in total. The molecule has 234 valence electrons. The second kappa shape index (κ2) is 18.9. The molecule has 0 rings (SSSR count). The van der Waals surface area contributed by atoms with Crippen LogP contribution in [0, 0.1) is 11.8 Å². The highest BCUT2D eigenvalue weighted by Crippen LogP contribution is 2.09. The number of aliphatic hydroxyl groups is 1. The van der Waals surface area contributed by atoms with Gasteiger partial charge in [-0.1, -0.05) is 34.1 Å². The second-order valence-corrected chi connectivity index (χ2v) is 10.4. The number of primary amides is 1. The average molecular weight is 607 g/mol. The van der Waals surface area contributed by atoms with Gasteiger partial charge in [-0.15, -0.1) is 11.6 Å². The number of nitrogens with two attached hydrogens (primary N) is 2. The van der Waals surface area contributed by atoms with Crippen LogP contribution in [-0.4, -0.2) is 94.2 Å². The minimum atomic E-state index is -1.48. The molecule has 6 atom stereocenters. The van der Waals surface area contributed by atoms with Gasteiger partial charge in [0, 0.05) is 6.42 Å². The fourth-order valence-electron chi connectivity index (χ4n) is 3.56. The number of aliphatic hydroxyl groups excluding tert-OH is 1. The maximum Gasteiger partial charge on any atom is 0.305 e. The minimum Gasteiger partial charge on any atom is -0.481 e. The summed E-state index contributed by atoms with van der Waals surface area (Å²) in [7, 11) is 0. The van der Waals surface area contributed by atoms with Crippen molar-refractivity contribution in [3.8, 4) is 0 Å². The number of hydrogen-bond donors (Lipinski definition) is 8. The Kier molecular flexibility index (Phi) is 17.4. The zero-order valence-electron chi connectivity index (χ0n) is 23.8. The second-order valence-electron chi connectivity index (χ2n) is 10.2. The number of Topliss-reactive ketones (excluding diaryl/α,β-unsaturated/α-hetero) is 1. The minimum absolute atomic E-state index is 0.0612. The standard InChI is InChI=1S/C25H43ClN6O9/c1-5-13(4)21(28)25(41)32-17(11-33)24(40)29-14(6-7-19(27)35)22(38)31-16(8-12(2)3)23(39)30-15(9-20(36)37)18(34)10-26/h12-17,21,33H,5-11,28H2,1-4H3,(H2,27,35)(H,29,40)(H,30,39)(H,31,38)(H,32,41)(H,36,37)/t13-,14-,15-,16-,17-,21-/m0/s1. The third kappa shape index (κ3) is 14.2. The number of ketones is 1. The van der Waals surface area contributed by atoms with E-state index in [2.05, 4.69) is 21.3 Å². The summed E-state index contributed by atoms with van der Waals surface area (Å²) in [5, 5.41) is 28.2. The smallest absolute Gasteiger partial charge is 0.305 e. The molecule has 0 bridgehead atoms. The number of carboxylic acids is 1. The number of aliphatic carboxylic acids is 1. The third-order valence-corrected chi connectivity index (χ3v) is 6.51. The summed E-state index contributed by atoms with van der Waals surface area (Å²) >= 11 is 5.53. The first-order valence-electron chi connectivity index (χ1n) is 13.2. The Bertz CT molecular complexity index is 949. The molecule has 5 amide bonds. The number of carbonyl (C=O) groups excluding carboxylic acids is 6. The van der Waals surface area contributed by atoms with Crippen LogP contribution in [0.4, 0.5) is 0 Å². The molecule has 0 aliphatic carbocycles. The van der Waals surface area contributed by atoms with E-state index in [1.165, 1.54) is 0 Å². The summed E-state index contributed by atoms with van der Waals surface area (Å²) in [5.74, 6) is -7.22. The van der Waals surface area contributed by atoms with Crippen LogP contribution in [0.1, 0.15) is 59.8 Å². The summed E-state index contributed by atoms with van der Waals surface area (Å²) in [6.45, 7) is 6.23. The van der Waals surface area contributed by atoms with Crippen molar-refractivity contribution in [2.45, 2.75) is 90.0 Å². The fourth-order valence-corrected chi connectivity index (χ4v) is 3.75. The maximum absolute atomic E-state index is 13.2. The van der Waals surface area contributed by atoms with Crippen molar-refractivity contribution >= 4 is 52.9 Å². The highest BCUT2D eigenvalue weighted by molar-refractivity contribution is 6.28. The SMILES string of the molecule is CC[C@H](C)[C@H](N)C(=O)N[C@@H](CO)C(=O)N[C@@H](CCC(N)=O)C(=O)N[C@@H](CC(C)C)C(=O)N[C@@H](CC(=O)O)C(=O)CCl. The van der Waals surface area contributed by atoms with E-state index in [9.17, 15) is 38.7 Å². The van der Waals surface area contributed by atoms with E-state index >= 15 is 0 Å². The van der Waals surface area contributed by atoms with Crippen molar-refractivity contribution in [1.82, 2.24) is 21.3 Å². The van der Waals surface area contributed by atoms with E-state index in [0.29, 0.717) is 6.42 Å². The number of carboxylic acid groups (broad SMARTS) is 1. The first kappa shape index (κ1) is 37.7. The zero-order valence-corrected chi connectivity index (χ0v) is 24.5. The van der Waals surface area contributed by atoms with Crippen molar-refractivity contribution in [3.63, 3.8) is 0 Å². The molecule has 16 heteroatoms. The molecule has 0 aromatic heterocycles. The fraction of sp³-hybridized carbons (Fsp3) is 0.720. The van der Waals surface area contributed by atoms with Crippen LogP contribution in [0.3, 0.4) is 0 Å². The van der Waals surface area contributed by atoms with Gasteiger partial charge in [-0.25, -0.2) is 0 Å². The number of halogens is 1. The number of amides is 5. The lowest BCUT2D eigenvalue weighted by Crippen LogP contribution is -2.59. The van der Waals surface area contributed by atoms with E-state index in [-0.39, 0.29) is 31.1 Å². The van der Waals surface area contributed by atoms with Gasteiger partial charge >= 0.3 is 5.97 Å². The molecule has 0 saturated heterocycles. The summed E-state index contributed by atoms with van der Waals surface area (Å²) < 4.78 is 0. The Morgan fingerprint density at radius 3 is 1.76 bits per heavy atom. The molecule has 0 aromatic rings. The Morgan fingerprint density at radius 2 is 1.29 bits per heavy atom. The van der Waals surface area contributed by atoms with Crippen molar-refractivity contribution < 1.29 is 43.8 Å². The average Bonchev–Trinajstić information content (AvgIpc) is 2.90. The van der Waals surface area contributed by atoms with Gasteiger partial charge in [0.1, 0.15) is 18.1 Å². The molecule has 0 aliphatic heterocycles. The van der Waals surface area contributed by atoms with Crippen molar-refractivity contribution in [3.05, 3.63) is 0 Å². The Morgan fingerprint density at radius 1 is 0.805 bits per heavy atom. The summed E-state index contributed by atoms with van der Waals surface area (Å²) in [5.41, 5.74) is 11.1. The van der Waals surface area contributed by atoms with Gasteiger partial charge in [0.25, 0.3) is 0 Å². The highest BCUT2D eigenvalue weighted by Gasteiger charge is 2.33. The molecule has 0 aliphatic rings. The van der Waals surface area contributed by atoms with Crippen LogP contribution in [0.15, 0.2) is 0 Å². The van der Waals surface area contributed by atoms with E-state index in [0.717, 1.165) is 0 Å². The number of rotatable bonds is 20. The first-order valence-corrected chi connectivity index (χ1v) is 13.8. The van der Waals surface area contributed by atoms with E-state index < -0.39 is 90.4 Å². The molecule has 41 heavy (non-hydrogen) atoms. The van der Waals surface area contributed by atoms with E-state index in [4.69, 9.17) is 28.2 Å². The van der Waals surface area contributed by atoms with Gasteiger partial charge in [0.2, 0.25) is 29.5 Å². The van der Waals surface area contributed by atoms with E-state index in [1.54, 1.807) is 20.8 Å². The van der Waals surface area contributed by atoms with Gasteiger partial charge < -0.3 is 42.9 Å². The lowest BCUT2D eigenvalue weighted by atomic mass is 9.99. The van der Waals surface area contributed by atoms with Gasteiger partial charge in [0.05, 0.1) is 31.0 Å². The molecule has 0 saturated carbocycles. The van der Waals surface area contributed by atoms with E-state index in [1.807, 2.05) is 6.92 Å². The van der Waals surface area contributed by atoms with Crippen molar-refractivity contribution in [2.75, 3.05) is 12.5 Å². The van der Waals surface area contributed by atoms with Crippen LogP contribution < -0.4 is 32.7 Å². The van der Waals surface area contributed by atoms with Gasteiger partial charge in [0.15, 0.2) is 5.78 Å². The molecular formula is C25H43ClN6O9. The lowest BCUT2D eigenvalue weighted by Gasteiger charge is -2.27. The quantitative estimate of drug-likeness (QED) is 0.0699. The number of carbonyl (C=O) groups is 7. The molecule has 0 heterocycles. The highest BCUT2D eigenvalue weighted by atomic mass is 35.5. The molecule has 0 radical (unpaired) electrons. The Balaban J connectivity index is 5.84. The van der Waals surface area contributed by atoms with Gasteiger partial charge in [-0.2, -0.15) is 0 Å². The summed E-state index contributed by atoms with van der Waals surface area (Å²) in [4.78, 5) is 86.1. The molecule has 0 fully saturated rings. The normalized spacial score (nSPS) is 15.4. The number of hydrogen-bond acceptors (Lipinski definition) is 9. The van der Waals surface area contributed by atoms with Gasteiger partial charge in [-0.3, -0.25) is 33.6 Å². The van der Waals surface area contributed by atoms with Crippen molar-refractivity contribution in [1.29, 1.82) is 0 Å². The number of alkyl halides is 1. The van der Waals surface area contributed by atoms with Crippen LogP contribution in [-0.2, 0) is 33.6 Å². The largest absolute Gasteiger partial charge is 0.481 e. The monoisotopic (exact) mass is 606 g/mol. The zero-order chi connectivity index (χ0) is 31.9. The molecule has 0 spiro atoms. The van der Waals surface area contributed by atoms with Gasteiger partial charge in [-0.05, 0) is 24.7 Å². The first-order chi connectivity index (χ1) is 19.1. The maximum atomic E-state index is 13.2. The molecule has 15 nitrogen and oxygen atoms in total. The van der Waals surface area contributed by atoms with Crippen LogP contribution in [0.25, 0.3) is 0 Å². The summed E-state index contributed by atoms with van der Waals surface area (Å²) in [6, 6.07) is -6.57. The Hall–Kier alpha value is -3.30. The molecule has 0 unspecified atom stereocenters. The predicted molar refractivity (Wildman–Crippen MR) is 148 cm³/mol. The molecular weight excluding hydrogens is 564 g/mol. The lowest BCUT2D eigenvalue weighted by molar-refractivity contribution is -0.140. The van der Waals surface area contributed by atoms with Crippen LogP contribution >= 0.6 is 11.6 Å². The summed E-state index contributed by atoms with van der Waals surface area (Å²) in [6.07, 6.45) is -0.701. The molecule has 0 aromatic carbocycles. The van der Waals surface area contributed by atoms with Crippen molar-refractivity contribution in [2.24, 2.45) is 23.3 Å². The number of nitrogens with one attached hydrogen (secondary N) is 4. The predicted octanol–water partition coefficient (Wildman–Crippen LogP) is -2.11. The topological polar surface area (TPSA) is 260 Å². The van der Waals surface area contributed by atoms with Crippen LogP contribution in [0.5, 0.6) is 0 Å². The third-order valence-electron chi connectivity index (χ3n) is 6.24. The van der Waals surface area contributed by atoms with Crippen LogP contribution in [0.2, 0.25) is 0 Å². The Labute approximate surface area is 243 Å².